The molecule has 1 fully saturated rings. The number of benzene rings is 1. The van der Waals surface area contributed by atoms with Crippen LogP contribution in [0.5, 0.6) is 0 Å². The summed E-state index contributed by atoms with van der Waals surface area (Å²) >= 11 is 0. The lowest BCUT2D eigenvalue weighted by Crippen LogP contribution is -2.50. The fraction of sp³-hybridized carbons (Fsp3) is 0.350. The molecule has 1 aromatic carbocycles. The number of nitrogens with zero attached hydrogens (tertiary/aromatic N) is 5. The zero-order valence-electron chi connectivity index (χ0n) is 15.6. The van der Waals surface area contributed by atoms with Gasteiger partial charge >= 0.3 is 6.18 Å². The Bertz CT molecular complexity index is 994. The Morgan fingerprint density at radius 3 is 2.45 bits per heavy atom. The number of hydrogen-bond donors (Lipinski definition) is 0. The van der Waals surface area contributed by atoms with Crippen LogP contribution in [0.1, 0.15) is 15.9 Å². The summed E-state index contributed by atoms with van der Waals surface area (Å²) in [7, 11) is 0. The van der Waals surface area contributed by atoms with Gasteiger partial charge in [-0.2, -0.15) is 13.2 Å². The third-order valence-electron chi connectivity index (χ3n) is 4.96. The Morgan fingerprint density at radius 2 is 1.76 bits per heavy atom. The lowest BCUT2D eigenvalue weighted by atomic mass is 10.2. The molecule has 0 aliphatic carbocycles. The van der Waals surface area contributed by atoms with E-state index in [4.69, 9.17) is 0 Å². The molecule has 152 valence electrons. The molecule has 2 aromatic heterocycles. The fourth-order valence-corrected chi connectivity index (χ4v) is 3.51. The first-order chi connectivity index (χ1) is 13.9. The normalized spacial score (nSPS) is 15.8. The summed E-state index contributed by atoms with van der Waals surface area (Å²) in [5, 5.41) is 0. The number of hydrogen-bond acceptors (Lipinski definition) is 4. The minimum Gasteiger partial charge on any atom is -0.336 e. The zero-order valence-corrected chi connectivity index (χ0v) is 15.6. The van der Waals surface area contributed by atoms with Gasteiger partial charge in [0.05, 0.1) is 25.0 Å². The van der Waals surface area contributed by atoms with E-state index in [0.717, 1.165) is 5.56 Å². The largest absolute Gasteiger partial charge is 0.401 e. The highest BCUT2D eigenvalue weighted by molar-refractivity contribution is 5.96. The van der Waals surface area contributed by atoms with Crippen molar-refractivity contribution in [3.63, 3.8) is 0 Å². The third kappa shape index (κ3) is 4.56. The minimum absolute atomic E-state index is 0.201. The molecule has 0 saturated carbocycles. The van der Waals surface area contributed by atoms with E-state index < -0.39 is 12.7 Å². The van der Waals surface area contributed by atoms with Crippen molar-refractivity contribution in [1.29, 1.82) is 0 Å². The smallest absolute Gasteiger partial charge is 0.336 e. The van der Waals surface area contributed by atoms with Crippen LogP contribution in [0.3, 0.4) is 0 Å². The molecule has 1 aliphatic heterocycles. The van der Waals surface area contributed by atoms with Gasteiger partial charge in [-0.1, -0.05) is 30.3 Å². The summed E-state index contributed by atoms with van der Waals surface area (Å²) in [5.74, 6) is -0.233. The van der Waals surface area contributed by atoms with Gasteiger partial charge in [-0.3, -0.25) is 9.69 Å². The van der Waals surface area contributed by atoms with Crippen molar-refractivity contribution in [3.8, 4) is 0 Å². The monoisotopic (exact) mass is 403 g/mol. The van der Waals surface area contributed by atoms with Crippen LogP contribution < -0.4 is 0 Å². The lowest BCUT2D eigenvalue weighted by molar-refractivity contribution is -0.148. The summed E-state index contributed by atoms with van der Waals surface area (Å²) < 4.78 is 39.4. The average molecular weight is 403 g/mol. The van der Waals surface area contributed by atoms with Crippen LogP contribution in [0.25, 0.3) is 11.2 Å². The van der Waals surface area contributed by atoms with Crippen molar-refractivity contribution >= 4 is 17.1 Å². The molecule has 1 amide bonds. The van der Waals surface area contributed by atoms with Crippen LogP contribution in [0, 0.1) is 0 Å². The van der Waals surface area contributed by atoms with Crippen molar-refractivity contribution in [2.45, 2.75) is 12.7 Å². The number of amides is 1. The van der Waals surface area contributed by atoms with Crippen LogP contribution in [-0.2, 0) is 6.54 Å². The van der Waals surface area contributed by atoms with Gasteiger partial charge in [0.1, 0.15) is 5.52 Å². The molecule has 29 heavy (non-hydrogen) atoms. The number of carbonyl (C=O) groups is 1. The first-order valence-corrected chi connectivity index (χ1v) is 9.32. The van der Waals surface area contributed by atoms with E-state index in [1.807, 2.05) is 34.9 Å². The summed E-state index contributed by atoms with van der Waals surface area (Å²) in [5.41, 5.74) is 2.81. The predicted molar refractivity (Wildman–Crippen MR) is 101 cm³/mol. The number of fused-ring (bicyclic) bond motifs is 1. The van der Waals surface area contributed by atoms with E-state index in [-0.39, 0.29) is 32.1 Å². The standard InChI is InChI=1S/C20H20F3N5O/c21-20(22,23)13-26-6-8-27(9-7-26)19(29)16-10-17-18(24-11-16)28(14-25-17)12-15-4-2-1-3-5-15/h1-5,10-11,14H,6-9,12-13H2. The van der Waals surface area contributed by atoms with Gasteiger partial charge in [-0.15, -0.1) is 0 Å². The maximum Gasteiger partial charge on any atom is 0.401 e. The second-order valence-corrected chi connectivity index (χ2v) is 7.11. The van der Waals surface area contributed by atoms with E-state index in [2.05, 4.69) is 9.97 Å². The molecule has 6 nitrogen and oxygen atoms in total. The maximum atomic E-state index is 12.7. The van der Waals surface area contributed by atoms with E-state index in [1.54, 1.807) is 17.3 Å². The molecule has 0 atom stereocenters. The Kier molecular flexibility index (Phi) is 5.23. The number of halogens is 3. The molecule has 1 saturated heterocycles. The molecule has 0 unspecified atom stereocenters. The topological polar surface area (TPSA) is 54.3 Å². The van der Waals surface area contributed by atoms with Crippen LogP contribution in [-0.4, -0.2) is 69.1 Å². The first-order valence-electron chi connectivity index (χ1n) is 9.32. The van der Waals surface area contributed by atoms with Gasteiger partial charge in [-0.05, 0) is 11.6 Å². The highest BCUT2D eigenvalue weighted by Gasteiger charge is 2.33. The summed E-state index contributed by atoms with van der Waals surface area (Å²) in [4.78, 5) is 24.4. The number of alkyl halides is 3. The Balaban J connectivity index is 1.44. The van der Waals surface area contributed by atoms with E-state index in [9.17, 15) is 18.0 Å². The molecule has 9 heteroatoms. The SMILES string of the molecule is O=C(c1cnc2c(c1)ncn2Cc1ccccc1)N1CCN(CC(F)(F)F)CC1. The van der Waals surface area contributed by atoms with Crippen molar-refractivity contribution in [2.24, 2.45) is 0 Å². The molecular formula is C20H20F3N5O. The maximum absolute atomic E-state index is 12.7. The second-order valence-electron chi connectivity index (χ2n) is 7.11. The van der Waals surface area contributed by atoms with E-state index in [1.165, 1.54) is 11.1 Å². The Hall–Kier alpha value is -2.94. The number of pyridine rings is 1. The highest BCUT2D eigenvalue weighted by atomic mass is 19.4. The minimum atomic E-state index is -4.22. The van der Waals surface area contributed by atoms with Gasteiger partial charge in [0.15, 0.2) is 5.65 Å². The number of carbonyl (C=O) groups excluding carboxylic acids is 1. The van der Waals surface area contributed by atoms with Crippen LogP contribution in [0.2, 0.25) is 0 Å². The molecule has 4 rings (SSSR count). The Morgan fingerprint density at radius 1 is 1.03 bits per heavy atom. The molecule has 3 heterocycles. The van der Waals surface area contributed by atoms with Crippen LogP contribution in [0.4, 0.5) is 13.2 Å². The number of rotatable bonds is 4. The van der Waals surface area contributed by atoms with Crippen LogP contribution >= 0.6 is 0 Å². The van der Waals surface area contributed by atoms with Crippen LogP contribution in [0.15, 0.2) is 48.9 Å². The zero-order chi connectivity index (χ0) is 20.4. The third-order valence-corrected chi connectivity index (χ3v) is 4.96. The molecule has 3 aromatic rings. The molecule has 1 aliphatic rings. The van der Waals surface area contributed by atoms with Gasteiger partial charge in [0.2, 0.25) is 0 Å². The Labute approximate surface area is 165 Å². The van der Waals surface area contributed by atoms with Crippen molar-refractivity contribution in [2.75, 3.05) is 32.7 Å². The van der Waals surface area contributed by atoms with E-state index >= 15 is 0 Å². The molecule has 0 bridgehead atoms. The summed E-state index contributed by atoms with van der Waals surface area (Å²) in [6.45, 7) is 0.601. The molecular weight excluding hydrogens is 383 g/mol. The van der Waals surface area contributed by atoms with Gasteiger partial charge < -0.3 is 9.47 Å². The second kappa shape index (κ2) is 7.82. The summed E-state index contributed by atoms with van der Waals surface area (Å²) in [6.07, 6.45) is -1.02. The highest BCUT2D eigenvalue weighted by Crippen LogP contribution is 2.19. The fourth-order valence-electron chi connectivity index (χ4n) is 3.51. The molecule has 0 N–H and O–H groups in total. The quantitative estimate of drug-likeness (QED) is 0.672. The average Bonchev–Trinajstić information content (AvgIpc) is 3.10. The predicted octanol–water partition coefficient (Wildman–Crippen LogP) is 2.80. The van der Waals surface area contributed by atoms with Crippen molar-refractivity contribution in [1.82, 2.24) is 24.3 Å². The lowest BCUT2D eigenvalue weighted by Gasteiger charge is -2.34. The number of piperazine rings is 1. The first kappa shape index (κ1) is 19.4. The molecule has 0 spiro atoms. The van der Waals surface area contributed by atoms with Crippen molar-refractivity contribution in [3.05, 3.63) is 60.0 Å². The number of aromatic nitrogens is 3. The van der Waals surface area contributed by atoms with Gasteiger partial charge in [-0.25, -0.2) is 9.97 Å². The summed E-state index contributed by atoms with van der Waals surface area (Å²) in [6, 6.07) is 11.6. The van der Waals surface area contributed by atoms with Crippen molar-refractivity contribution < 1.29 is 18.0 Å². The van der Waals surface area contributed by atoms with Gasteiger partial charge in [0.25, 0.3) is 5.91 Å². The molecule has 0 radical (unpaired) electrons. The number of imidazole rings is 1. The van der Waals surface area contributed by atoms with Gasteiger partial charge in [0, 0.05) is 32.4 Å². The van der Waals surface area contributed by atoms with E-state index in [0.29, 0.717) is 23.3 Å².